The first-order valence-corrected chi connectivity index (χ1v) is 11.5. The normalized spacial score (nSPS) is 13.9. The quantitative estimate of drug-likeness (QED) is 0.469. The van der Waals surface area contributed by atoms with Crippen molar-refractivity contribution in [3.63, 3.8) is 0 Å². The van der Waals surface area contributed by atoms with Crippen LogP contribution in [-0.4, -0.2) is 0 Å². The Hall–Kier alpha value is 0.934. The third-order valence-corrected chi connectivity index (χ3v) is 2.95. The van der Waals surface area contributed by atoms with Crippen molar-refractivity contribution in [3.8, 4) is 0 Å². The van der Waals surface area contributed by atoms with Gasteiger partial charge in [-0.2, -0.15) is 22.3 Å². The molecule has 0 fully saturated rings. The van der Waals surface area contributed by atoms with E-state index in [2.05, 4.69) is 19.9 Å². The predicted octanol–water partition coefficient (Wildman–Crippen LogP) is 4.97. The molecule has 0 amide bonds. The summed E-state index contributed by atoms with van der Waals surface area (Å²) in [5.74, 6) is 0. The molecule has 0 aliphatic heterocycles. The van der Waals surface area contributed by atoms with Crippen LogP contribution < -0.4 is 0 Å². The maximum absolute atomic E-state index is 4.97. The summed E-state index contributed by atoms with van der Waals surface area (Å²) < 4.78 is 0. The van der Waals surface area contributed by atoms with E-state index in [1.54, 1.807) is 16.7 Å². The topological polar surface area (TPSA) is 0 Å². The number of rotatable bonds is 0. The van der Waals surface area contributed by atoms with Crippen LogP contribution in [-0.2, 0) is 27.5 Å². The van der Waals surface area contributed by atoms with E-state index < -0.39 is 14.7 Å². The first-order valence-electron chi connectivity index (χ1n) is 5.10. The molecule has 1 aliphatic rings. The molecule has 0 heterocycles. The van der Waals surface area contributed by atoms with Crippen LogP contribution in [0.25, 0.3) is 0 Å². The van der Waals surface area contributed by atoms with E-state index in [0.717, 1.165) is 0 Å². The molecule has 0 nitrogen and oxygen atoms in total. The van der Waals surface area contributed by atoms with Gasteiger partial charge in [0.25, 0.3) is 0 Å². The summed E-state index contributed by atoms with van der Waals surface area (Å²) in [4.78, 5) is 0. The zero-order chi connectivity index (χ0) is 11.4. The second-order valence-corrected chi connectivity index (χ2v) is 11.6. The van der Waals surface area contributed by atoms with Crippen molar-refractivity contribution in [1.29, 1.82) is 0 Å². The van der Waals surface area contributed by atoms with Crippen LogP contribution in [0.2, 0.25) is 0 Å². The van der Waals surface area contributed by atoms with Gasteiger partial charge in [-0.25, -0.2) is 6.07 Å². The number of aryl methyl sites for hydroxylation is 2. The number of halogens is 3. The van der Waals surface area contributed by atoms with Gasteiger partial charge in [0.05, 0.1) is 0 Å². The molecule has 0 spiro atoms. The van der Waals surface area contributed by atoms with Crippen molar-refractivity contribution in [2.75, 3.05) is 0 Å². The van der Waals surface area contributed by atoms with E-state index in [1.165, 1.54) is 31.2 Å². The molecule has 0 atom stereocenters. The third kappa shape index (κ3) is 4.36. The van der Waals surface area contributed by atoms with Gasteiger partial charge < -0.3 is 0 Å². The average molecular weight is 301 g/mol. The summed E-state index contributed by atoms with van der Waals surface area (Å²) in [6.45, 7) is 4.49. The Labute approximate surface area is 110 Å². The molecule has 1 aromatic carbocycles. The Morgan fingerprint density at radius 1 is 1.20 bits per heavy atom. The molecule has 0 saturated heterocycles. The van der Waals surface area contributed by atoms with Gasteiger partial charge in [0.2, 0.25) is 0 Å². The second kappa shape index (κ2) is 6.62. The molecule has 1 aliphatic carbocycles. The van der Waals surface area contributed by atoms with Crippen molar-refractivity contribution in [2.45, 2.75) is 39.5 Å². The summed E-state index contributed by atoms with van der Waals surface area (Å²) in [5, 5.41) is 0. The molecule has 0 N–H and O–H groups in total. The standard InChI is InChI=1S/C11H15.3ClH.Ti/c1-8-7-10-5-3-4-6-11(10)9(8)2;;;;/h7H,3-6H2,1-2H3;3*1H;/q-1;;;;+4/p-3. The fourth-order valence-electron chi connectivity index (χ4n) is 2.12. The Morgan fingerprint density at radius 3 is 2.27 bits per heavy atom. The van der Waals surface area contributed by atoms with Crippen LogP contribution in [0, 0.1) is 13.8 Å². The molecule has 2 rings (SSSR count). The summed E-state index contributed by atoms with van der Waals surface area (Å²) in [7, 11) is 14.9. The molecule has 0 unspecified atom stereocenters. The second-order valence-electron chi connectivity index (χ2n) is 3.88. The van der Waals surface area contributed by atoms with Crippen molar-refractivity contribution in [2.24, 2.45) is 0 Å². The minimum absolute atomic E-state index is 1.32. The van der Waals surface area contributed by atoms with Crippen molar-refractivity contribution < 1.29 is 14.7 Å². The first-order chi connectivity index (χ1) is 7.02. The van der Waals surface area contributed by atoms with Gasteiger partial charge in [-0.15, -0.1) is 0 Å². The van der Waals surface area contributed by atoms with Crippen molar-refractivity contribution >= 4 is 27.9 Å². The Balaban J connectivity index is 0.000000245. The van der Waals surface area contributed by atoms with E-state index in [0.29, 0.717) is 0 Å². The first kappa shape index (κ1) is 14.0. The van der Waals surface area contributed by atoms with Crippen LogP contribution in [0.4, 0.5) is 0 Å². The zero-order valence-electron chi connectivity index (χ0n) is 9.04. The van der Waals surface area contributed by atoms with Gasteiger partial charge >= 0.3 is 42.6 Å². The van der Waals surface area contributed by atoms with Crippen LogP contribution in [0.15, 0.2) is 6.07 Å². The van der Waals surface area contributed by atoms with Crippen LogP contribution in [0.1, 0.15) is 35.1 Å². The molecule has 84 valence electrons. The fraction of sp³-hybridized carbons (Fsp3) is 0.545. The van der Waals surface area contributed by atoms with Crippen molar-refractivity contribution in [3.05, 3.63) is 28.3 Å². The van der Waals surface area contributed by atoms with Crippen LogP contribution >= 0.6 is 27.9 Å². The molecule has 0 saturated carbocycles. The average Bonchev–Trinajstić information content (AvgIpc) is 2.43. The van der Waals surface area contributed by atoms with Gasteiger partial charge in [-0.1, -0.05) is 39.5 Å². The summed E-state index contributed by atoms with van der Waals surface area (Å²) in [6.07, 6.45) is 5.45. The van der Waals surface area contributed by atoms with E-state index in [-0.39, 0.29) is 0 Å². The number of fused-ring (bicyclic) bond motifs is 1. The maximum atomic E-state index is 4.97. The van der Waals surface area contributed by atoms with Gasteiger partial charge in [0.15, 0.2) is 0 Å². The minimum atomic E-state index is -1.92. The van der Waals surface area contributed by atoms with Gasteiger partial charge in [0.1, 0.15) is 0 Å². The molecule has 15 heavy (non-hydrogen) atoms. The van der Waals surface area contributed by atoms with Gasteiger partial charge in [-0.3, -0.25) is 0 Å². The third-order valence-electron chi connectivity index (χ3n) is 2.95. The molecule has 4 heteroatoms. The Bertz CT molecular complexity index is 315. The van der Waals surface area contributed by atoms with Crippen LogP contribution in [0.5, 0.6) is 0 Å². The summed E-state index contributed by atoms with van der Waals surface area (Å²) in [6, 6.07) is 2.38. The van der Waals surface area contributed by atoms with Crippen LogP contribution in [0.3, 0.4) is 0 Å². The Kier molecular flexibility index (Phi) is 6.17. The number of hydrogen-bond donors (Lipinski definition) is 0. The molecule has 0 bridgehead atoms. The van der Waals surface area contributed by atoms with Gasteiger partial charge in [0, 0.05) is 0 Å². The molecule has 0 aromatic heterocycles. The molecular weight excluding hydrogens is 286 g/mol. The molecule has 0 radical (unpaired) electrons. The van der Waals surface area contributed by atoms with Gasteiger partial charge in [-0.05, 0) is 0 Å². The monoisotopic (exact) mass is 300 g/mol. The molecular formula is C11H15Cl3Ti. The van der Waals surface area contributed by atoms with Crippen molar-refractivity contribution in [1.82, 2.24) is 0 Å². The summed E-state index contributed by atoms with van der Waals surface area (Å²) in [5.41, 5.74) is 6.34. The SMILES string of the molecule is Cc1cc2c([c-]1C)CCCC2.[Cl][Ti+]([Cl])[Cl]. The van der Waals surface area contributed by atoms with E-state index in [1.807, 2.05) is 0 Å². The molecule has 1 aromatic rings. The van der Waals surface area contributed by atoms with E-state index >= 15 is 0 Å². The Morgan fingerprint density at radius 2 is 1.73 bits per heavy atom. The number of hydrogen-bond acceptors (Lipinski definition) is 0. The fourth-order valence-corrected chi connectivity index (χ4v) is 2.12. The summed E-state index contributed by atoms with van der Waals surface area (Å²) >= 11 is -1.92. The van der Waals surface area contributed by atoms with E-state index in [9.17, 15) is 0 Å². The predicted molar refractivity (Wildman–Crippen MR) is 65.7 cm³/mol. The zero-order valence-corrected chi connectivity index (χ0v) is 12.9. The van der Waals surface area contributed by atoms with E-state index in [4.69, 9.17) is 27.9 Å².